The van der Waals surface area contributed by atoms with Gasteiger partial charge in [0.05, 0.1) is 6.10 Å². The summed E-state index contributed by atoms with van der Waals surface area (Å²) in [6.45, 7) is 4.50. The molecule has 0 bridgehead atoms. The molecular weight excluding hydrogens is 226 g/mol. The Labute approximate surface area is 102 Å². The molecular formula is C14H15NOSi. The van der Waals surface area contributed by atoms with Crippen molar-refractivity contribution >= 4 is 13.5 Å². The van der Waals surface area contributed by atoms with Crippen molar-refractivity contribution in [2.75, 3.05) is 0 Å². The first kappa shape index (κ1) is 10.7. The summed E-state index contributed by atoms with van der Waals surface area (Å²) in [5.41, 5.74) is 2.47. The topological polar surface area (TPSA) is 22.1 Å². The number of nitrogens with zero attached hydrogens (tertiary/aromatic N) is 1. The Hall–Kier alpha value is -1.45. The van der Waals surface area contributed by atoms with Crippen LogP contribution in [0.2, 0.25) is 13.1 Å². The number of benzene rings is 1. The van der Waals surface area contributed by atoms with Crippen LogP contribution in [0.4, 0.5) is 0 Å². The van der Waals surface area contributed by atoms with Gasteiger partial charge in [0.1, 0.15) is 0 Å². The largest absolute Gasteiger partial charge is 0.402 e. The third kappa shape index (κ3) is 1.71. The Morgan fingerprint density at radius 2 is 1.94 bits per heavy atom. The zero-order chi connectivity index (χ0) is 11.9. The quantitative estimate of drug-likeness (QED) is 0.716. The maximum atomic E-state index is 6.30. The van der Waals surface area contributed by atoms with Gasteiger partial charge in [0.2, 0.25) is 8.32 Å². The molecule has 0 aliphatic carbocycles. The highest BCUT2D eigenvalue weighted by Crippen LogP contribution is 2.34. The molecule has 3 heteroatoms. The fourth-order valence-corrected chi connectivity index (χ4v) is 4.86. The van der Waals surface area contributed by atoms with Crippen LogP contribution in [0.1, 0.15) is 17.2 Å². The van der Waals surface area contributed by atoms with Gasteiger partial charge in [0.25, 0.3) is 0 Å². The van der Waals surface area contributed by atoms with Crippen molar-refractivity contribution in [1.82, 2.24) is 4.98 Å². The highest BCUT2D eigenvalue weighted by molar-refractivity contribution is 6.85. The third-order valence-electron chi connectivity index (χ3n) is 3.29. The van der Waals surface area contributed by atoms with Gasteiger partial charge in [-0.25, -0.2) is 0 Å². The molecule has 0 fully saturated rings. The van der Waals surface area contributed by atoms with Crippen LogP contribution in [0, 0.1) is 0 Å². The second-order valence-electron chi connectivity index (χ2n) is 4.88. The Morgan fingerprint density at radius 3 is 2.71 bits per heavy atom. The minimum Gasteiger partial charge on any atom is -0.402 e. The molecule has 1 aliphatic heterocycles. The van der Waals surface area contributed by atoms with E-state index in [4.69, 9.17) is 4.43 Å². The van der Waals surface area contributed by atoms with Gasteiger partial charge in [-0.15, -0.1) is 0 Å². The van der Waals surface area contributed by atoms with Crippen LogP contribution in [-0.4, -0.2) is 13.3 Å². The SMILES string of the molecule is C[Si]1(C)OC(c2cccnc2)c2ccccc21. The minimum absolute atomic E-state index is 0.0709. The molecule has 1 aliphatic rings. The van der Waals surface area contributed by atoms with Gasteiger partial charge in [-0.05, 0) is 29.9 Å². The lowest BCUT2D eigenvalue weighted by atomic mass is 10.0. The summed E-state index contributed by atoms with van der Waals surface area (Å²) < 4.78 is 6.30. The first-order chi connectivity index (χ1) is 8.18. The summed E-state index contributed by atoms with van der Waals surface area (Å²) in [6.07, 6.45) is 3.77. The molecule has 0 radical (unpaired) electrons. The van der Waals surface area contributed by atoms with Gasteiger partial charge in [-0.3, -0.25) is 4.98 Å². The summed E-state index contributed by atoms with van der Waals surface area (Å²) >= 11 is 0. The molecule has 86 valence electrons. The molecule has 0 spiro atoms. The monoisotopic (exact) mass is 241 g/mol. The average Bonchev–Trinajstić information content (AvgIpc) is 2.64. The van der Waals surface area contributed by atoms with Gasteiger partial charge in [-0.2, -0.15) is 0 Å². The maximum Gasteiger partial charge on any atom is 0.219 e. The van der Waals surface area contributed by atoms with E-state index in [1.165, 1.54) is 10.8 Å². The molecule has 1 aromatic carbocycles. The van der Waals surface area contributed by atoms with E-state index in [0.717, 1.165) is 5.56 Å². The lowest BCUT2D eigenvalue weighted by Crippen LogP contribution is -2.39. The zero-order valence-electron chi connectivity index (χ0n) is 10.1. The summed E-state index contributed by atoms with van der Waals surface area (Å²) in [7, 11) is -1.73. The summed E-state index contributed by atoms with van der Waals surface area (Å²) in [5, 5.41) is 1.41. The van der Waals surface area contributed by atoms with E-state index >= 15 is 0 Å². The zero-order valence-corrected chi connectivity index (χ0v) is 11.1. The van der Waals surface area contributed by atoms with Gasteiger partial charge >= 0.3 is 0 Å². The predicted molar refractivity (Wildman–Crippen MR) is 70.7 cm³/mol. The van der Waals surface area contributed by atoms with Crippen LogP contribution in [0.5, 0.6) is 0 Å². The molecule has 1 aromatic heterocycles. The van der Waals surface area contributed by atoms with Crippen LogP contribution < -0.4 is 5.19 Å². The van der Waals surface area contributed by atoms with Crippen molar-refractivity contribution in [1.29, 1.82) is 0 Å². The average molecular weight is 241 g/mol. The smallest absolute Gasteiger partial charge is 0.219 e. The van der Waals surface area contributed by atoms with E-state index in [0.29, 0.717) is 0 Å². The number of rotatable bonds is 1. The van der Waals surface area contributed by atoms with Crippen LogP contribution in [-0.2, 0) is 4.43 Å². The Bertz CT molecular complexity index is 539. The number of hydrogen-bond acceptors (Lipinski definition) is 2. The van der Waals surface area contributed by atoms with Crippen molar-refractivity contribution in [3.63, 3.8) is 0 Å². The normalized spacial score (nSPS) is 21.2. The molecule has 2 nitrogen and oxygen atoms in total. The molecule has 0 saturated carbocycles. The van der Waals surface area contributed by atoms with E-state index in [9.17, 15) is 0 Å². The lowest BCUT2D eigenvalue weighted by molar-refractivity contribution is 0.258. The van der Waals surface area contributed by atoms with Crippen molar-refractivity contribution < 1.29 is 4.43 Å². The van der Waals surface area contributed by atoms with Gasteiger partial charge in [0.15, 0.2) is 0 Å². The van der Waals surface area contributed by atoms with E-state index in [-0.39, 0.29) is 6.10 Å². The number of fused-ring (bicyclic) bond motifs is 1. The Balaban J connectivity index is 2.12. The molecule has 1 unspecified atom stereocenters. The molecule has 2 aromatic rings. The van der Waals surface area contributed by atoms with Crippen molar-refractivity contribution in [3.8, 4) is 0 Å². The number of aromatic nitrogens is 1. The molecule has 0 N–H and O–H groups in total. The van der Waals surface area contributed by atoms with Crippen LogP contribution >= 0.6 is 0 Å². The second-order valence-corrected chi connectivity index (χ2v) is 8.68. The Morgan fingerprint density at radius 1 is 1.12 bits per heavy atom. The van der Waals surface area contributed by atoms with Gasteiger partial charge in [-0.1, -0.05) is 30.3 Å². The number of pyridine rings is 1. The van der Waals surface area contributed by atoms with Crippen LogP contribution in [0.15, 0.2) is 48.8 Å². The molecule has 0 amide bonds. The first-order valence-corrected chi connectivity index (χ1v) is 8.76. The van der Waals surface area contributed by atoms with Gasteiger partial charge < -0.3 is 4.43 Å². The van der Waals surface area contributed by atoms with Crippen molar-refractivity contribution in [2.24, 2.45) is 0 Å². The summed E-state index contributed by atoms with van der Waals surface area (Å²) in [6, 6.07) is 12.6. The minimum atomic E-state index is -1.73. The maximum absolute atomic E-state index is 6.30. The number of hydrogen-bond donors (Lipinski definition) is 0. The van der Waals surface area contributed by atoms with Gasteiger partial charge in [0, 0.05) is 18.0 Å². The van der Waals surface area contributed by atoms with Crippen molar-refractivity contribution in [2.45, 2.75) is 19.2 Å². The standard InChI is InChI=1S/C14H15NOSi/c1-17(2)13-8-4-3-7-12(13)14(16-17)11-6-5-9-15-10-11/h3-10,14H,1-2H3. The van der Waals surface area contributed by atoms with Crippen LogP contribution in [0.3, 0.4) is 0 Å². The highest BCUT2D eigenvalue weighted by Gasteiger charge is 2.40. The molecule has 17 heavy (non-hydrogen) atoms. The van der Waals surface area contributed by atoms with Crippen LogP contribution in [0.25, 0.3) is 0 Å². The molecule has 0 saturated heterocycles. The van der Waals surface area contributed by atoms with E-state index < -0.39 is 8.32 Å². The van der Waals surface area contributed by atoms with E-state index in [1.54, 1.807) is 6.20 Å². The summed E-state index contributed by atoms with van der Waals surface area (Å²) in [5.74, 6) is 0. The first-order valence-electron chi connectivity index (χ1n) is 5.85. The molecule has 3 rings (SSSR count). The molecule has 1 atom stereocenters. The summed E-state index contributed by atoms with van der Waals surface area (Å²) in [4.78, 5) is 4.19. The van der Waals surface area contributed by atoms with Crippen molar-refractivity contribution in [3.05, 3.63) is 59.9 Å². The molecule has 2 heterocycles. The third-order valence-corrected chi connectivity index (χ3v) is 5.87. The fourth-order valence-electron chi connectivity index (χ4n) is 2.47. The fraction of sp³-hybridized carbons (Fsp3) is 0.214. The lowest BCUT2D eigenvalue weighted by Gasteiger charge is -2.18. The van der Waals surface area contributed by atoms with E-state index in [2.05, 4.69) is 48.4 Å². The highest BCUT2D eigenvalue weighted by atomic mass is 28.4. The second kappa shape index (κ2) is 3.79. The predicted octanol–water partition coefficient (Wildman–Crippen LogP) is 2.61. The van der Waals surface area contributed by atoms with E-state index in [1.807, 2.05) is 12.3 Å². The Kier molecular flexibility index (Phi) is 2.38.